The Bertz CT molecular complexity index is 554. The second-order valence-electron chi connectivity index (χ2n) is 3.78. The van der Waals surface area contributed by atoms with E-state index < -0.39 is 0 Å². The van der Waals surface area contributed by atoms with Crippen LogP contribution in [-0.4, -0.2) is 10.9 Å². The number of pyridine rings is 1. The maximum Gasteiger partial charge on any atom is 0.253 e. The SMILES string of the molecule is Nc1ccc(C(=O)NCc2cccc(Br)c2)cn1. The summed E-state index contributed by atoms with van der Waals surface area (Å²) in [6.07, 6.45) is 1.46. The number of aromatic nitrogens is 1. The Morgan fingerprint density at radius 1 is 1.33 bits per heavy atom. The first-order valence-corrected chi connectivity index (χ1v) is 6.18. The van der Waals surface area contributed by atoms with Crippen LogP contribution in [0.3, 0.4) is 0 Å². The molecule has 0 bridgehead atoms. The van der Waals surface area contributed by atoms with E-state index in [4.69, 9.17) is 5.73 Å². The van der Waals surface area contributed by atoms with Crippen LogP contribution in [0.1, 0.15) is 15.9 Å². The molecule has 0 saturated carbocycles. The Balaban J connectivity index is 1.98. The van der Waals surface area contributed by atoms with Crippen molar-refractivity contribution in [3.05, 3.63) is 58.2 Å². The quantitative estimate of drug-likeness (QED) is 0.914. The molecule has 2 aromatic rings. The maximum absolute atomic E-state index is 11.8. The second kappa shape index (κ2) is 5.64. The van der Waals surface area contributed by atoms with Crippen molar-refractivity contribution in [3.8, 4) is 0 Å². The van der Waals surface area contributed by atoms with Crippen molar-refractivity contribution in [1.82, 2.24) is 10.3 Å². The third-order valence-electron chi connectivity index (χ3n) is 2.39. The molecule has 92 valence electrons. The molecule has 2 rings (SSSR count). The van der Waals surface area contributed by atoms with Gasteiger partial charge < -0.3 is 11.1 Å². The van der Waals surface area contributed by atoms with Crippen molar-refractivity contribution in [3.63, 3.8) is 0 Å². The number of hydrogen-bond acceptors (Lipinski definition) is 3. The summed E-state index contributed by atoms with van der Waals surface area (Å²) in [4.78, 5) is 15.7. The van der Waals surface area contributed by atoms with Crippen LogP contribution in [0.15, 0.2) is 47.1 Å². The van der Waals surface area contributed by atoms with Gasteiger partial charge in [-0.25, -0.2) is 4.98 Å². The number of carbonyl (C=O) groups excluding carboxylic acids is 1. The van der Waals surface area contributed by atoms with Crippen LogP contribution in [-0.2, 0) is 6.54 Å². The van der Waals surface area contributed by atoms with Gasteiger partial charge >= 0.3 is 0 Å². The number of anilines is 1. The Morgan fingerprint density at radius 2 is 2.17 bits per heavy atom. The van der Waals surface area contributed by atoms with E-state index in [0.29, 0.717) is 17.9 Å². The van der Waals surface area contributed by atoms with E-state index in [9.17, 15) is 4.79 Å². The molecule has 1 heterocycles. The summed E-state index contributed by atoms with van der Waals surface area (Å²) in [5.74, 6) is 0.237. The average Bonchev–Trinajstić information content (AvgIpc) is 2.37. The van der Waals surface area contributed by atoms with Crippen LogP contribution >= 0.6 is 15.9 Å². The minimum absolute atomic E-state index is 0.164. The van der Waals surface area contributed by atoms with Crippen molar-refractivity contribution in [2.45, 2.75) is 6.54 Å². The van der Waals surface area contributed by atoms with Crippen molar-refractivity contribution < 1.29 is 4.79 Å². The lowest BCUT2D eigenvalue weighted by Gasteiger charge is -2.05. The fourth-order valence-corrected chi connectivity index (χ4v) is 1.92. The molecule has 0 aliphatic rings. The van der Waals surface area contributed by atoms with Crippen LogP contribution in [0, 0.1) is 0 Å². The van der Waals surface area contributed by atoms with E-state index in [1.807, 2.05) is 24.3 Å². The zero-order valence-electron chi connectivity index (χ0n) is 9.56. The number of nitrogens with two attached hydrogens (primary N) is 1. The van der Waals surface area contributed by atoms with E-state index in [1.165, 1.54) is 6.20 Å². The number of rotatable bonds is 3. The van der Waals surface area contributed by atoms with Gasteiger partial charge in [0.05, 0.1) is 5.56 Å². The van der Waals surface area contributed by atoms with Gasteiger partial charge in [0.25, 0.3) is 5.91 Å². The molecule has 0 fully saturated rings. The van der Waals surface area contributed by atoms with Crippen molar-refractivity contribution in [1.29, 1.82) is 0 Å². The largest absolute Gasteiger partial charge is 0.384 e. The molecule has 1 aromatic carbocycles. The molecule has 0 aliphatic carbocycles. The lowest BCUT2D eigenvalue weighted by atomic mass is 10.2. The zero-order valence-corrected chi connectivity index (χ0v) is 11.1. The number of nitrogens with zero attached hydrogens (tertiary/aromatic N) is 1. The van der Waals surface area contributed by atoms with E-state index in [-0.39, 0.29) is 5.91 Å². The molecule has 3 N–H and O–H groups in total. The van der Waals surface area contributed by atoms with Gasteiger partial charge in [0.15, 0.2) is 0 Å². The standard InChI is InChI=1S/C13H12BrN3O/c14-11-3-1-2-9(6-11)7-17-13(18)10-4-5-12(15)16-8-10/h1-6,8H,7H2,(H2,15,16)(H,17,18). The van der Waals surface area contributed by atoms with Crippen molar-refractivity contribution in [2.75, 3.05) is 5.73 Å². The van der Waals surface area contributed by atoms with Crippen molar-refractivity contribution in [2.24, 2.45) is 0 Å². The maximum atomic E-state index is 11.8. The van der Waals surface area contributed by atoms with Gasteiger partial charge in [-0.1, -0.05) is 28.1 Å². The van der Waals surface area contributed by atoms with Crippen LogP contribution in [0.2, 0.25) is 0 Å². The van der Waals surface area contributed by atoms with Gasteiger partial charge in [-0.3, -0.25) is 4.79 Å². The normalized spacial score (nSPS) is 10.1. The van der Waals surface area contributed by atoms with Gasteiger partial charge in [-0.15, -0.1) is 0 Å². The molecule has 1 amide bonds. The van der Waals surface area contributed by atoms with Crippen molar-refractivity contribution >= 4 is 27.7 Å². The molecule has 0 unspecified atom stereocenters. The summed E-state index contributed by atoms with van der Waals surface area (Å²) in [6, 6.07) is 11.0. The topological polar surface area (TPSA) is 68.0 Å². The first-order valence-electron chi connectivity index (χ1n) is 5.39. The Labute approximate surface area is 113 Å². The van der Waals surface area contributed by atoms with E-state index in [0.717, 1.165) is 10.0 Å². The van der Waals surface area contributed by atoms with Crippen LogP contribution in [0.25, 0.3) is 0 Å². The summed E-state index contributed by atoms with van der Waals surface area (Å²) < 4.78 is 0.989. The minimum atomic E-state index is -0.164. The summed E-state index contributed by atoms with van der Waals surface area (Å²) in [6.45, 7) is 0.475. The number of halogens is 1. The first-order chi connectivity index (χ1) is 8.65. The zero-order chi connectivity index (χ0) is 13.0. The average molecular weight is 306 g/mol. The molecule has 0 spiro atoms. The summed E-state index contributed by atoms with van der Waals surface area (Å²) in [7, 11) is 0. The number of carbonyl (C=O) groups is 1. The number of hydrogen-bond donors (Lipinski definition) is 2. The molecule has 0 atom stereocenters. The third kappa shape index (κ3) is 3.30. The molecule has 0 radical (unpaired) electrons. The molecular formula is C13H12BrN3O. The highest BCUT2D eigenvalue weighted by molar-refractivity contribution is 9.10. The Morgan fingerprint density at radius 3 is 2.83 bits per heavy atom. The van der Waals surface area contributed by atoms with Crippen LogP contribution < -0.4 is 11.1 Å². The number of nitrogens with one attached hydrogen (secondary N) is 1. The van der Waals surface area contributed by atoms with Gasteiger partial charge in [0, 0.05) is 17.2 Å². The fraction of sp³-hybridized carbons (Fsp3) is 0.0769. The highest BCUT2D eigenvalue weighted by Gasteiger charge is 2.05. The number of benzene rings is 1. The monoisotopic (exact) mass is 305 g/mol. The lowest BCUT2D eigenvalue weighted by molar-refractivity contribution is 0.0950. The highest BCUT2D eigenvalue weighted by atomic mass is 79.9. The predicted octanol–water partition coefficient (Wildman–Crippen LogP) is 2.36. The van der Waals surface area contributed by atoms with Crippen LogP contribution in [0.5, 0.6) is 0 Å². The lowest BCUT2D eigenvalue weighted by Crippen LogP contribution is -2.22. The third-order valence-corrected chi connectivity index (χ3v) is 2.88. The number of nitrogen functional groups attached to an aromatic ring is 1. The highest BCUT2D eigenvalue weighted by Crippen LogP contribution is 2.11. The number of amides is 1. The van der Waals surface area contributed by atoms with Crippen LogP contribution in [0.4, 0.5) is 5.82 Å². The van der Waals surface area contributed by atoms with E-state index in [2.05, 4.69) is 26.2 Å². The van der Waals surface area contributed by atoms with E-state index in [1.54, 1.807) is 12.1 Å². The molecular weight excluding hydrogens is 294 g/mol. The Hall–Kier alpha value is -1.88. The van der Waals surface area contributed by atoms with Gasteiger partial charge in [-0.05, 0) is 29.8 Å². The summed E-state index contributed by atoms with van der Waals surface area (Å²) in [5.41, 5.74) is 6.99. The fourth-order valence-electron chi connectivity index (χ4n) is 1.47. The molecule has 4 nitrogen and oxygen atoms in total. The molecule has 0 saturated heterocycles. The summed E-state index contributed by atoms with van der Waals surface area (Å²) in [5, 5.41) is 2.82. The van der Waals surface area contributed by atoms with Gasteiger partial charge in [-0.2, -0.15) is 0 Å². The van der Waals surface area contributed by atoms with E-state index >= 15 is 0 Å². The molecule has 0 aliphatic heterocycles. The smallest absolute Gasteiger partial charge is 0.253 e. The molecule has 5 heteroatoms. The molecule has 18 heavy (non-hydrogen) atoms. The first kappa shape index (κ1) is 12.6. The van der Waals surface area contributed by atoms with Gasteiger partial charge in [0.2, 0.25) is 0 Å². The predicted molar refractivity (Wildman–Crippen MR) is 74.0 cm³/mol. The van der Waals surface area contributed by atoms with Gasteiger partial charge in [0.1, 0.15) is 5.82 Å². The summed E-state index contributed by atoms with van der Waals surface area (Å²) >= 11 is 3.39. The Kier molecular flexibility index (Phi) is 3.94. The second-order valence-corrected chi connectivity index (χ2v) is 4.70. The minimum Gasteiger partial charge on any atom is -0.384 e. The molecule has 1 aromatic heterocycles.